The summed E-state index contributed by atoms with van der Waals surface area (Å²) in [4.78, 5) is 31.0. The Morgan fingerprint density at radius 1 is 1.30 bits per heavy atom. The number of nitrogens with zero attached hydrogens (tertiary/aromatic N) is 2. The van der Waals surface area contributed by atoms with Crippen molar-refractivity contribution < 1.29 is 9.59 Å². The SMILES string of the molecule is CC(=O)c1cccc(-c2cnc(CN)c(C(N)=O)n2)c1. The van der Waals surface area contributed by atoms with Gasteiger partial charge in [-0.25, -0.2) is 4.98 Å². The molecule has 4 N–H and O–H groups in total. The number of aromatic nitrogens is 2. The highest BCUT2D eigenvalue weighted by Crippen LogP contribution is 2.19. The van der Waals surface area contributed by atoms with E-state index < -0.39 is 5.91 Å². The molecule has 0 bridgehead atoms. The molecule has 1 aromatic heterocycles. The molecule has 0 radical (unpaired) electrons. The van der Waals surface area contributed by atoms with Crippen molar-refractivity contribution in [1.29, 1.82) is 0 Å². The fourth-order valence-electron chi connectivity index (χ4n) is 1.80. The second-order valence-corrected chi connectivity index (χ2v) is 4.26. The smallest absolute Gasteiger partial charge is 0.269 e. The minimum Gasteiger partial charge on any atom is -0.364 e. The number of Topliss-reactive ketones (excluding diaryl/α,β-unsaturated/α-hetero) is 1. The number of carbonyl (C=O) groups excluding carboxylic acids is 2. The number of primary amides is 1. The van der Waals surface area contributed by atoms with Gasteiger partial charge in [-0.2, -0.15) is 0 Å². The lowest BCUT2D eigenvalue weighted by Crippen LogP contribution is -2.19. The summed E-state index contributed by atoms with van der Waals surface area (Å²) in [5.74, 6) is -0.726. The van der Waals surface area contributed by atoms with E-state index in [-0.39, 0.29) is 18.0 Å². The van der Waals surface area contributed by atoms with Crippen molar-refractivity contribution in [2.24, 2.45) is 11.5 Å². The van der Waals surface area contributed by atoms with Crippen LogP contribution in [0.5, 0.6) is 0 Å². The van der Waals surface area contributed by atoms with Crippen molar-refractivity contribution in [3.8, 4) is 11.3 Å². The van der Waals surface area contributed by atoms with Crippen LogP contribution < -0.4 is 11.5 Å². The van der Waals surface area contributed by atoms with Crippen LogP contribution in [-0.2, 0) is 6.54 Å². The molecule has 102 valence electrons. The molecule has 0 spiro atoms. The van der Waals surface area contributed by atoms with Crippen molar-refractivity contribution in [2.75, 3.05) is 0 Å². The second kappa shape index (κ2) is 5.58. The minimum absolute atomic E-state index is 0.0477. The lowest BCUT2D eigenvalue weighted by Gasteiger charge is -2.07. The Bertz CT molecular complexity index is 683. The van der Waals surface area contributed by atoms with Crippen molar-refractivity contribution in [2.45, 2.75) is 13.5 Å². The maximum Gasteiger partial charge on any atom is 0.269 e. The Morgan fingerprint density at radius 3 is 2.65 bits per heavy atom. The van der Waals surface area contributed by atoms with E-state index in [0.29, 0.717) is 22.5 Å². The van der Waals surface area contributed by atoms with Gasteiger partial charge in [-0.3, -0.25) is 14.6 Å². The number of hydrogen-bond donors (Lipinski definition) is 2. The molecule has 0 fully saturated rings. The highest BCUT2D eigenvalue weighted by molar-refractivity contribution is 5.95. The van der Waals surface area contributed by atoms with Gasteiger partial charge in [0.25, 0.3) is 5.91 Å². The minimum atomic E-state index is -0.678. The van der Waals surface area contributed by atoms with Gasteiger partial charge in [0.05, 0.1) is 17.6 Å². The van der Waals surface area contributed by atoms with Gasteiger partial charge in [0.2, 0.25) is 0 Å². The average Bonchev–Trinajstić information content (AvgIpc) is 2.46. The third-order valence-corrected chi connectivity index (χ3v) is 2.84. The number of carbonyl (C=O) groups is 2. The number of hydrogen-bond acceptors (Lipinski definition) is 5. The molecular weight excluding hydrogens is 256 g/mol. The Labute approximate surface area is 115 Å². The van der Waals surface area contributed by atoms with Gasteiger partial charge in [-0.15, -0.1) is 0 Å². The van der Waals surface area contributed by atoms with E-state index >= 15 is 0 Å². The Morgan fingerprint density at radius 2 is 2.05 bits per heavy atom. The second-order valence-electron chi connectivity index (χ2n) is 4.26. The van der Waals surface area contributed by atoms with Gasteiger partial charge in [0.15, 0.2) is 11.5 Å². The van der Waals surface area contributed by atoms with Gasteiger partial charge in [-0.05, 0) is 13.0 Å². The number of benzene rings is 1. The van der Waals surface area contributed by atoms with Crippen LogP contribution in [0.2, 0.25) is 0 Å². The van der Waals surface area contributed by atoms with E-state index in [4.69, 9.17) is 11.5 Å². The molecule has 1 amide bonds. The fourth-order valence-corrected chi connectivity index (χ4v) is 1.80. The molecule has 1 heterocycles. The maximum atomic E-state index is 11.4. The maximum absolute atomic E-state index is 11.4. The first-order chi connectivity index (χ1) is 9.52. The first kappa shape index (κ1) is 13.8. The lowest BCUT2D eigenvalue weighted by molar-refractivity contribution is 0.0991. The summed E-state index contributed by atoms with van der Waals surface area (Å²) in [6.07, 6.45) is 1.51. The van der Waals surface area contributed by atoms with Crippen LogP contribution >= 0.6 is 0 Å². The molecular formula is C14H14N4O2. The van der Waals surface area contributed by atoms with E-state index in [1.165, 1.54) is 13.1 Å². The lowest BCUT2D eigenvalue weighted by atomic mass is 10.1. The highest BCUT2D eigenvalue weighted by atomic mass is 16.1. The number of rotatable bonds is 4. The molecule has 0 aliphatic rings. The van der Waals surface area contributed by atoms with Crippen molar-refractivity contribution in [3.63, 3.8) is 0 Å². The first-order valence-electron chi connectivity index (χ1n) is 6.00. The average molecular weight is 270 g/mol. The largest absolute Gasteiger partial charge is 0.364 e. The number of nitrogens with two attached hydrogens (primary N) is 2. The third kappa shape index (κ3) is 2.70. The highest BCUT2D eigenvalue weighted by Gasteiger charge is 2.13. The molecule has 0 unspecified atom stereocenters. The summed E-state index contributed by atoms with van der Waals surface area (Å²) in [5, 5.41) is 0. The van der Waals surface area contributed by atoms with Crippen molar-refractivity contribution in [3.05, 3.63) is 47.4 Å². The summed E-state index contributed by atoms with van der Waals surface area (Å²) in [6, 6.07) is 6.93. The van der Waals surface area contributed by atoms with E-state index in [1.54, 1.807) is 24.3 Å². The standard InChI is InChI=1S/C14H14N4O2/c1-8(19)9-3-2-4-10(5-9)12-7-17-11(6-15)13(18-12)14(16)20/h2-5,7H,6,15H2,1H3,(H2,16,20). The summed E-state index contributed by atoms with van der Waals surface area (Å²) in [7, 11) is 0. The quantitative estimate of drug-likeness (QED) is 0.802. The Hall–Kier alpha value is -2.60. The van der Waals surface area contributed by atoms with E-state index in [9.17, 15) is 9.59 Å². The zero-order chi connectivity index (χ0) is 14.7. The van der Waals surface area contributed by atoms with Crippen LogP contribution in [0, 0.1) is 0 Å². The van der Waals surface area contributed by atoms with Crippen LogP contribution in [0.1, 0.15) is 33.5 Å². The monoisotopic (exact) mass is 270 g/mol. The van der Waals surface area contributed by atoms with E-state index in [1.807, 2.05) is 0 Å². The summed E-state index contributed by atoms with van der Waals surface area (Å²) in [5.41, 5.74) is 12.9. The van der Waals surface area contributed by atoms with Gasteiger partial charge >= 0.3 is 0 Å². The molecule has 1 aromatic carbocycles. The van der Waals surface area contributed by atoms with Crippen LogP contribution in [0.4, 0.5) is 0 Å². The van der Waals surface area contributed by atoms with Gasteiger partial charge in [0, 0.05) is 17.7 Å². The van der Waals surface area contributed by atoms with Crippen LogP contribution in [-0.4, -0.2) is 21.7 Å². The van der Waals surface area contributed by atoms with Crippen molar-refractivity contribution in [1.82, 2.24) is 9.97 Å². The molecule has 0 atom stereocenters. The summed E-state index contributed by atoms with van der Waals surface area (Å²) in [6.45, 7) is 1.57. The van der Waals surface area contributed by atoms with Crippen LogP contribution in [0.3, 0.4) is 0 Å². The molecule has 6 heteroatoms. The molecule has 0 aliphatic carbocycles. The van der Waals surface area contributed by atoms with Gasteiger partial charge < -0.3 is 11.5 Å². The summed E-state index contributed by atoms with van der Waals surface area (Å²) < 4.78 is 0. The number of amides is 1. The van der Waals surface area contributed by atoms with E-state index in [2.05, 4.69) is 9.97 Å². The zero-order valence-electron chi connectivity index (χ0n) is 11.0. The van der Waals surface area contributed by atoms with Crippen molar-refractivity contribution >= 4 is 11.7 Å². The Balaban J connectivity index is 2.53. The predicted octanol–water partition coefficient (Wildman–Crippen LogP) is 0.904. The molecule has 0 saturated carbocycles. The van der Waals surface area contributed by atoms with Gasteiger partial charge in [0.1, 0.15) is 0 Å². The van der Waals surface area contributed by atoms with Crippen LogP contribution in [0.15, 0.2) is 30.5 Å². The fraction of sp³-hybridized carbons (Fsp3) is 0.143. The number of ketones is 1. The Kier molecular flexibility index (Phi) is 3.86. The van der Waals surface area contributed by atoms with E-state index in [0.717, 1.165) is 0 Å². The molecule has 6 nitrogen and oxygen atoms in total. The molecule has 2 rings (SSSR count). The molecule has 2 aromatic rings. The van der Waals surface area contributed by atoms with Gasteiger partial charge in [-0.1, -0.05) is 18.2 Å². The predicted molar refractivity (Wildman–Crippen MR) is 73.9 cm³/mol. The molecule has 20 heavy (non-hydrogen) atoms. The molecule has 0 saturated heterocycles. The normalized spacial score (nSPS) is 10.3. The van der Waals surface area contributed by atoms with Crippen LogP contribution in [0.25, 0.3) is 11.3 Å². The molecule has 0 aliphatic heterocycles. The topological polar surface area (TPSA) is 112 Å². The summed E-state index contributed by atoms with van der Waals surface area (Å²) >= 11 is 0. The third-order valence-electron chi connectivity index (χ3n) is 2.84. The zero-order valence-corrected chi connectivity index (χ0v) is 11.0. The first-order valence-corrected chi connectivity index (χ1v) is 6.00.